The van der Waals surface area contributed by atoms with Crippen molar-refractivity contribution in [2.45, 2.75) is 361 Å². The predicted molar refractivity (Wildman–Crippen MR) is 426 cm³/mol. The number of halogens is 1. The maximum Gasteiger partial charge on any atom is 0.113 e. The third-order valence-electron chi connectivity index (χ3n) is 20.4. The van der Waals surface area contributed by atoms with Crippen LogP contribution in [0.25, 0.3) is 0 Å². The van der Waals surface area contributed by atoms with Crippen LogP contribution in [-0.4, -0.2) is 178 Å². The van der Waals surface area contributed by atoms with Crippen LogP contribution in [0.4, 0.5) is 4.39 Å². The summed E-state index contributed by atoms with van der Waals surface area (Å²) in [4.78, 5) is 18.1. The van der Waals surface area contributed by atoms with Gasteiger partial charge in [0.15, 0.2) is 0 Å². The van der Waals surface area contributed by atoms with Gasteiger partial charge in [0.1, 0.15) is 6.17 Å². The second kappa shape index (κ2) is 50.1. The molecule has 4 atom stereocenters. The molecule has 7 rings (SSSR count). The van der Waals surface area contributed by atoms with Crippen LogP contribution < -0.4 is 0 Å². The van der Waals surface area contributed by atoms with Gasteiger partial charge in [0.05, 0.1) is 0 Å². The maximum atomic E-state index is 13.3. The van der Waals surface area contributed by atoms with Crippen LogP contribution >= 0.6 is 0 Å². The van der Waals surface area contributed by atoms with Crippen molar-refractivity contribution in [2.75, 3.05) is 137 Å². The standard InChI is InChI=1S/C12H24FN.6C12H25N.2CH4/c1-12(2,3)7-9-14-8-5-4-6-11(13)10-14;1-11-5-8-13(9-6-11)10-7-12(2,3)4;3*1-11-6-5-8-13(10-11)9-7-12(2,3)4;2*1-12(2,3)8-11-13-9-6-4-5-7-10-13;;/h11H,4-10H2,1-3H3;4*11H,5-10H2,1-4H3;2*4-11H2,1-3H3;2*1H4. The molecule has 0 amide bonds. The number of piperidine rings is 4. The number of nitrogens with zero attached hydrogens (tertiary/aromatic N) is 7. The largest absolute Gasteiger partial charge is 0.303 e. The van der Waals surface area contributed by atoms with Crippen molar-refractivity contribution in [3.63, 3.8) is 0 Å². The maximum absolute atomic E-state index is 13.3. The number of rotatable bonds is 14. The van der Waals surface area contributed by atoms with Gasteiger partial charge in [-0.3, -0.25) is 0 Å². The minimum absolute atomic E-state index is 0. The Bertz CT molecular complexity index is 1540. The molecule has 7 fully saturated rings. The molecule has 7 saturated heterocycles. The molecule has 0 aromatic rings. The molecule has 0 radical (unpaired) electrons. The van der Waals surface area contributed by atoms with Crippen molar-refractivity contribution in [3.05, 3.63) is 0 Å². The number of likely N-dealkylation sites (tertiary alicyclic amines) is 7. The Labute approximate surface area is 595 Å². The number of hydrogen-bond acceptors (Lipinski definition) is 7. The summed E-state index contributed by atoms with van der Waals surface area (Å²) in [6, 6.07) is 0. The lowest BCUT2D eigenvalue weighted by Crippen LogP contribution is -2.36. The summed E-state index contributed by atoms with van der Waals surface area (Å²) in [5.74, 6) is 3.74. The molecule has 568 valence electrons. The van der Waals surface area contributed by atoms with Gasteiger partial charge in [-0.25, -0.2) is 4.39 Å². The third-order valence-corrected chi connectivity index (χ3v) is 20.4. The highest BCUT2D eigenvalue weighted by Gasteiger charge is 2.24. The Kier molecular flexibility index (Phi) is 51.0. The topological polar surface area (TPSA) is 22.7 Å². The Morgan fingerprint density at radius 3 is 0.670 bits per heavy atom. The Morgan fingerprint density at radius 1 is 0.223 bits per heavy atom. The molecule has 94 heavy (non-hydrogen) atoms. The fraction of sp³-hybridized carbons (Fsp3) is 1.00. The van der Waals surface area contributed by atoms with Crippen molar-refractivity contribution < 1.29 is 4.39 Å². The second-order valence-electron chi connectivity index (χ2n) is 40.2. The van der Waals surface area contributed by atoms with Crippen LogP contribution in [0.5, 0.6) is 0 Å². The molecule has 0 N–H and O–H groups in total. The predicted octanol–water partition coefficient (Wildman–Crippen LogP) is 23.7. The third kappa shape index (κ3) is 61.5. The monoisotopic (exact) mass is 1330 g/mol. The van der Waals surface area contributed by atoms with Gasteiger partial charge in [-0.2, -0.15) is 0 Å². The highest BCUT2D eigenvalue weighted by molar-refractivity contribution is 4.78. The lowest BCUT2D eigenvalue weighted by atomic mass is 9.91. The summed E-state index contributed by atoms with van der Waals surface area (Å²) < 4.78 is 13.3. The van der Waals surface area contributed by atoms with E-state index in [1.54, 1.807) is 0 Å². The van der Waals surface area contributed by atoms with Crippen molar-refractivity contribution in [1.29, 1.82) is 0 Å². The van der Waals surface area contributed by atoms with E-state index in [2.05, 4.69) is 207 Å². The van der Waals surface area contributed by atoms with Crippen molar-refractivity contribution in [3.8, 4) is 0 Å². The summed E-state index contributed by atoms with van der Waals surface area (Å²) in [5.41, 5.74) is 3.39. The quantitative estimate of drug-likeness (QED) is 0.171. The Morgan fingerprint density at radius 2 is 0.426 bits per heavy atom. The average molecular weight is 1330 g/mol. The molecule has 0 aromatic carbocycles. The number of alkyl halides is 1. The van der Waals surface area contributed by atoms with Crippen LogP contribution in [0.15, 0.2) is 0 Å². The van der Waals surface area contributed by atoms with Crippen molar-refractivity contribution >= 4 is 0 Å². The Hall–Kier alpha value is -0.350. The summed E-state index contributed by atoms with van der Waals surface area (Å²) in [5, 5.41) is 0. The average Bonchev–Trinajstić information content (AvgIpc) is 1.35. The molecule has 4 unspecified atom stereocenters. The zero-order valence-electron chi connectivity index (χ0n) is 68.1. The van der Waals surface area contributed by atoms with E-state index >= 15 is 0 Å². The minimum Gasteiger partial charge on any atom is -0.303 e. The molecule has 0 saturated carbocycles. The first kappa shape index (κ1) is 95.7. The molecule has 0 spiro atoms. The van der Waals surface area contributed by atoms with Crippen LogP contribution in [0.3, 0.4) is 0 Å². The molecular weight excluding hydrogens is 1150 g/mol. The van der Waals surface area contributed by atoms with Crippen LogP contribution in [-0.2, 0) is 0 Å². The van der Waals surface area contributed by atoms with Gasteiger partial charge in [-0.05, 0) is 314 Å². The van der Waals surface area contributed by atoms with Crippen molar-refractivity contribution in [1.82, 2.24) is 34.3 Å². The van der Waals surface area contributed by atoms with E-state index in [9.17, 15) is 4.39 Å². The van der Waals surface area contributed by atoms with Gasteiger partial charge in [0, 0.05) is 26.2 Å². The zero-order chi connectivity index (χ0) is 69.7. The van der Waals surface area contributed by atoms with Gasteiger partial charge >= 0.3 is 0 Å². The normalized spacial score (nSPS) is 23.8. The van der Waals surface area contributed by atoms with E-state index in [1.165, 1.54) is 272 Å². The molecule has 0 aliphatic carbocycles. The molecule has 7 heterocycles. The lowest BCUT2D eigenvalue weighted by Gasteiger charge is -2.32. The fourth-order valence-corrected chi connectivity index (χ4v) is 13.3. The van der Waals surface area contributed by atoms with Crippen molar-refractivity contribution in [2.24, 2.45) is 61.6 Å². The van der Waals surface area contributed by atoms with E-state index in [1.807, 2.05) is 0 Å². The minimum atomic E-state index is -0.586. The molecule has 0 bridgehead atoms. The van der Waals surface area contributed by atoms with Crippen LogP contribution in [0.1, 0.15) is 355 Å². The molecule has 7 aliphatic rings. The smallest absolute Gasteiger partial charge is 0.113 e. The summed E-state index contributed by atoms with van der Waals surface area (Å²) in [6.45, 7) is 84.9. The Balaban J connectivity index is 0. The van der Waals surface area contributed by atoms with E-state index in [-0.39, 0.29) is 14.9 Å². The lowest BCUT2D eigenvalue weighted by molar-refractivity contribution is 0.162. The van der Waals surface area contributed by atoms with Gasteiger partial charge in [0.25, 0.3) is 0 Å². The van der Waals surface area contributed by atoms with Crippen LogP contribution in [0.2, 0.25) is 0 Å². The molecular formula is C86H182FN7. The van der Waals surface area contributed by atoms with Gasteiger partial charge in [0.2, 0.25) is 0 Å². The fourth-order valence-electron chi connectivity index (χ4n) is 13.3. The van der Waals surface area contributed by atoms with Gasteiger partial charge < -0.3 is 34.3 Å². The van der Waals surface area contributed by atoms with E-state index < -0.39 is 6.17 Å². The van der Waals surface area contributed by atoms with E-state index in [4.69, 9.17) is 0 Å². The molecule has 8 heteroatoms. The summed E-state index contributed by atoms with van der Waals surface area (Å²) in [6.07, 6.45) is 34.4. The first-order valence-electron chi connectivity index (χ1n) is 40.2. The van der Waals surface area contributed by atoms with Gasteiger partial charge in [-0.15, -0.1) is 0 Å². The second-order valence-corrected chi connectivity index (χ2v) is 40.2. The number of hydrogen-bond donors (Lipinski definition) is 0. The van der Waals surface area contributed by atoms with Gasteiger partial charge in [-0.1, -0.05) is 214 Å². The molecule has 7 nitrogen and oxygen atoms in total. The SMILES string of the molecule is C.C.CC(C)(C)CCN1CCCCC(F)C1.CC(C)(C)CCN1CCCCCC1.CC(C)(C)CCN1CCCCCC1.CC1CCCN(CCC(C)(C)C)C1.CC1CCCN(CCC(C)(C)C)C1.CC1CCCN(CCC(C)(C)C)C1.CC1CCN(CCC(C)(C)C)CC1. The first-order chi connectivity index (χ1) is 42.5. The van der Waals surface area contributed by atoms with E-state index in [0.717, 1.165) is 49.6 Å². The highest BCUT2D eigenvalue weighted by atomic mass is 19.1. The highest BCUT2D eigenvalue weighted by Crippen LogP contribution is 2.28. The first-order valence-corrected chi connectivity index (χ1v) is 40.2. The van der Waals surface area contributed by atoms with E-state index in [0.29, 0.717) is 44.4 Å². The molecule has 7 aliphatic heterocycles. The summed E-state index contributed by atoms with van der Waals surface area (Å²) in [7, 11) is 0. The van der Waals surface area contributed by atoms with Crippen LogP contribution in [0, 0.1) is 61.6 Å². The molecule has 0 aromatic heterocycles. The summed E-state index contributed by atoms with van der Waals surface area (Å²) >= 11 is 0. The zero-order valence-corrected chi connectivity index (χ0v) is 68.1.